The Balaban J connectivity index is 2.21. The van der Waals surface area contributed by atoms with Crippen molar-refractivity contribution in [3.8, 4) is 17.0 Å². The van der Waals surface area contributed by atoms with Crippen molar-refractivity contribution in [2.75, 3.05) is 7.11 Å². The van der Waals surface area contributed by atoms with E-state index in [9.17, 15) is 13.9 Å². The first kappa shape index (κ1) is 18.5. The first-order chi connectivity index (χ1) is 12.3. The highest BCUT2D eigenvalue weighted by Gasteiger charge is 2.28. The zero-order valence-electron chi connectivity index (χ0n) is 14.4. The van der Waals surface area contributed by atoms with E-state index in [2.05, 4.69) is 21.0 Å². The van der Waals surface area contributed by atoms with Crippen LogP contribution in [-0.2, 0) is 7.05 Å². The summed E-state index contributed by atoms with van der Waals surface area (Å²) in [4.78, 5) is 0. The summed E-state index contributed by atoms with van der Waals surface area (Å²) in [6, 6.07) is 8.87. The third kappa shape index (κ3) is 3.12. The molecule has 2 aromatic carbocycles. The van der Waals surface area contributed by atoms with Crippen LogP contribution in [-0.4, -0.2) is 22.0 Å². The van der Waals surface area contributed by atoms with E-state index in [1.165, 1.54) is 22.9 Å². The van der Waals surface area contributed by atoms with Crippen LogP contribution < -0.4 is 4.74 Å². The number of rotatable bonds is 4. The van der Waals surface area contributed by atoms with E-state index in [1.54, 1.807) is 32.4 Å². The number of aromatic nitrogens is 2. The highest BCUT2D eigenvalue weighted by atomic mass is 79.9. The van der Waals surface area contributed by atoms with Gasteiger partial charge in [0.25, 0.3) is 0 Å². The van der Waals surface area contributed by atoms with E-state index in [0.717, 1.165) is 5.56 Å². The third-order valence-electron chi connectivity index (χ3n) is 4.28. The monoisotopic (exact) mass is 422 g/mol. The van der Waals surface area contributed by atoms with Crippen LogP contribution in [0.2, 0.25) is 0 Å². The minimum Gasteiger partial charge on any atom is -0.497 e. The van der Waals surface area contributed by atoms with Crippen LogP contribution >= 0.6 is 15.9 Å². The van der Waals surface area contributed by atoms with Crippen molar-refractivity contribution in [1.82, 2.24) is 9.78 Å². The fraction of sp³-hybridized carbons (Fsp3) is 0.211. The lowest BCUT2D eigenvalue weighted by Gasteiger charge is -2.17. The molecular weight excluding hydrogens is 406 g/mol. The van der Waals surface area contributed by atoms with E-state index in [-0.39, 0.29) is 11.3 Å². The van der Waals surface area contributed by atoms with Crippen LogP contribution in [0.3, 0.4) is 0 Å². The van der Waals surface area contributed by atoms with Crippen LogP contribution in [0.4, 0.5) is 8.78 Å². The van der Waals surface area contributed by atoms with Gasteiger partial charge < -0.3 is 9.84 Å². The Labute approximate surface area is 158 Å². The average molecular weight is 423 g/mol. The molecule has 4 nitrogen and oxygen atoms in total. The molecule has 0 aliphatic carbocycles. The van der Waals surface area contributed by atoms with Crippen molar-refractivity contribution >= 4 is 15.9 Å². The van der Waals surface area contributed by atoms with E-state index in [1.807, 2.05) is 6.92 Å². The maximum atomic E-state index is 14.4. The number of aryl methyl sites for hydroxylation is 2. The summed E-state index contributed by atoms with van der Waals surface area (Å²) in [6.45, 7) is 1.83. The van der Waals surface area contributed by atoms with Crippen molar-refractivity contribution in [3.63, 3.8) is 0 Å². The molecule has 1 heterocycles. The van der Waals surface area contributed by atoms with Gasteiger partial charge in [-0.15, -0.1) is 0 Å². The molecule has 1 aromatic heterocycles. The van der Waals surface area contributed by atoms with Crippen molar-refractivity contribution in [2.45, 2.75) is 13.0 Å². The van der Waals surface area contributed by atoms with Gasteiger partial charge in [-0.3, -0.25) is 4.68 Å². The molecule has 26 heavy (non-hydrogen) atoms. The molecule has 0 aliphatic rings. The summed E-state index contributed by atoms with van der Waals surface area (Å²) in [5.41, 5.74) is 1.62. The second kappa shape index (κ2) is 7.17. The van der Waals surface area contributed by atoms with Crippen molar-refractivity contribution in [1.29, 1.82) is 0 Å². The van der Waals surface area contributed by atoms with Crippen LogP contribution in [0.1, 0.15) is 22.8 Å². The molecule has 0 radical (unpaired) electrons. The number of methoxy groups -OCH3 is 1. The Kier molecular flexibility index (Phi) is 5.11. The molecule has 7 heteroatoms. The van der Waals surface area contributed by atoms with Crippen molar-refractivity contribution in [2.24, 2.45) is 7.05 Å². The summed E-state index contributed by atoms with van der Waals surface area (Å²) in [6.07, 6.45) is -1.13. The molecule has 3 aromatic rings. The molecule has 0 bridgehead atoms. The smallest absolute Gasteiger partial charge is 0.135 e. The fourth-order valence-electron chi connectivity index (χ4n) is 3.01. The lowest BCUT2D eigenvalue weighted by molar-refractivity contribution is 0.219. The third-order valence-corrected chi connectivity index (χ3v) is 4.87. The predicted octanol–water partition coefficient (Wildman–Crippen LogP) is 4.53. The molecule has 0 amide bonds. The summed E-state index contributed by atoms with van der Waals surface area (Å²) < 4.78 is 35.6. The lowest BCUT2D eigenvalue weighted by Crippen LogP contribution is -2.06. The molecule has 136 valence electrons. The van der Waals surface area contributed by atoms with E-state index in [4.69, 9.17) is 4.74 Å². The molecule has 0 fully saturated rings. The molecule has 0 saturated carbocycles. The number of benzene rings is 2. The Morgan fingerprint density at radius 1 is 1.19 bits per heavy atom. The number of hydrogen-bond acceptors (Lipinski definition) is 3. The maximum absolute atomic E-state index is 14.4. The topological polar surface area (TPSA) is 47.3 Å². The van der Waals surface area contributed by atoms with E-state index in [0.29, 0.717) is 21.5 Å². The normalized spacial score (nSPS) is 12.3. The number of halogens is 3. The molecule has 1 atom stereocenters. The molecule has 0 spiro atoms. The van der Waals surface area contributed by atoms with E-state index >= 15 is 0 Å². The molecule has 0 aliphatic heterocycles. The minimum atomic E-state index is -1.13. The second-order valence-electron chi connectivity index (χ2n) is 5.90. The molecule has 1 unspecified atom stereocenters. The zero-order valence-corrected chi connectivity index (χ0v) is 16.0. The maximum Gasteiger partial charge on any atom is 0.135 e. The number of hydrogen-bond donors (Lipinski definition) is 1. The van der Waals surface area contributed by atoms with E-state index < -0.39 is 17.7 Å². The van der Waals surface area contributed by atoms with Gasteiger partial charge in [-0.2, -0.15) is 5.10 Å². The summed E-state index contributed by atoms with van der Waals surface area (Å²) in [5, 5.41) is 15.2. The Morgan fingerprint density at radius 2 is 1.85 bits per heavy atom. The highest BCUT2D eigenvalue weighted by molar-refractivity contribution is 9.10. The van der Waals surface area contributed by atoms with Gasteiger partial charge in [0.15, 0.2) is 0 Å². The quantitative estimate of drug-likeness (QED) is 0.671. The first-order valence-electron chi connectivity index (χ1n) is 7.84. The molecular formula is C19H17BrF2N2O2. The predicted molar refractivity (Wildman–Crippen MR) is 98.1 cm³/mol. The van der Waals surface area contributed by atoms with Gasteiger partial charge in [0, 0.05) is 12.6 Å². The van der Waals surface area contributed by atoms with Crippen LogP contribution in [0, 0.1) is 18.6 Å². The van der Waals surface area contributed by atoms with Gasteiger partial charge in [0.2, 0.25) is 0 Å². The SMILES string of the molecule is COc1ccc(C(O)c2c(Br)nn(C)c2-c2c(F)cccc2F)c(C)c1. The first-order valence-corrected chi connectivity index (χ1v) is 8.63. The number of ether oxygens (including phenoxy) is 1. The van der Waals surface area contributed by atoms with Gasteiger partial charge >= 0.3 is 0 Å². The number of aliphatic hydroxyl groups excluding tert-OH is 1. The second-order valence-corrected chi connectivity index (χ2v) is 6.65. The van der Waals surface area contributed by atoms with Gasteiger partial charge in [-0.05, 0) is 58.2 Å². The lowest BCUT2D eigenvalue weighted by atomic mass is 9.95. The average Bonchev–Trinajstić information content (AvgIpc) is 2.88. The summed E-state index contributed by atoms with van der Waals surface area (Å²) in [5.74, 6) is -0.787. The number of aliphatic hydroxyl groups is 1. The van der Waals surface area contributed by atoms with Crippen molar-refractivity contribution < 1.29 is 18.6 Å². The highest BCUT2D eigenvalue weighted by Crippen LogP contribution is 2.39. The van der Waals surface area contributed by atoms with Crippen LogP contribution in [0.5, 0.6) is 5.75 Å². The van der Waals surface area contributed by atoms with Gasteiger partial charge in [0.1, 0.15) is 28.1 Å². The van der Waals surface area contributed by atoms with Gasteiger partial charge in [-0.25, -0.2) is 8.78 Å². The molecule has 1 N–H and O–H groups in total. The Morgan fingerprint density at radius 3 is 2.42 bits per heavy atom. The minimum absolute atomic E-state index is 0.176. The standard InChI is InChI=1S/C19H17BrF2N2O2/c1-10-9-11(26-3)7-8-12(10)18(25)16-17(24(2)23-19(16)20)15-13(21)5-4-6-14(15)22/h4-9,18,25H,1-3H3. The van der Waals surface area contributed by atoms with Crippen LogP contribution in [0.25, 0.3) is 11.3 Å². The summed E-state index contributed by atoms with van der Waals surface area (Å²) in [7, 11) is 3.13. The Bertz CT molecular complexity index is 952. The number of nitrogens with zero attached hydrogens (tertiary/aromatic N) is 2. The van der Waals surface area contributed by atoms with Crippen molar-refractivity contribution in [3.05, 3.63) is 69.3 Å². The largest absolute Gasteiger partial charge is 0.497 e. The van der Waals surface area contributed by atoms with Gasteiger partial charge in [-0.1, -0.05) is 12.1 Å². The fourth-order valence-corrected chi connectivity index (χ4v) is 3.65. The Hall–Kier alpha value is -2.25. The zero-order chi connectivity index (χ0) is 19.0. The molecule has 0 saturated heterocycles. The molecule has 3 rings (SSSR count). The summed E-state index contributed by atoms with van der Waals surface area (Å²) >= 11 is 3.30. The van der Waals surface area contributed by atoms with Crippen LogP contribution in [0.15, 0.2) is 41.0 Å². The van der Waals surface area contributed by atoms with Gasteiger partial charge in [0.05, 0.1) is 18.4 Å².